The van der Waals surface area contributed by atoms with Crippen LogP contribution in [0.25, 0.3) is 0 Å². The Morgan fingerprint density at radius 1 is 0.556 bits per heavy atom. The van der Waals surface area contributed by atoms with Crippen molar-refractivity contribution in [3.8, 4) is 0 Å². The van der Waals surface area contributed by atoms with Crippen LogP contribution in [0.5, 0.6) is 0 Å². The van der Waals surface area contributed by atoms with Gasteiger partial charge in [-0.3, -0.25) is 0 Å². The van der Waals surface area contributed by atoms with E-state index in [4.69, 9.17) is 10.2 Å². The number of hydrogen-bond donors (Lipinski definition) is 2. The maximum atomic E-state index is 8.37. The van der Waals surface area contributed by atoms with Gasteiger partial charge in [-0.15, -0.1) is 0 Å². The average molecular weight is 135 g/mol. The molecule has 0 amide bonds. The predicted molar refractivity (Wildman–Crippen MR) is 37.3 cm³/mol. The molecule has 0 saturated carbocycles. The van der Waals surface area contributed by atoms with Gasteiger partial charge in [-0.25, -0.2) is 0 Å². The fraction of sp³-hybridized carbons (Fsp3) is 1.00. The van der Waals surface area contributed by atoms with E-state index in [0.29, 0.717) is 13.2 Å². The number of unbranched alkanes of at least 4 members (excludes halogenated alkanes) is 4. The van der Waals surface area contributed by atoms with Gasteiger partial charge >= 0.3 is 0 Å². The summed E-state index contributed by atoms with van der Waals surface area (Å²) in [4.78, 5) is 0. The summed E-state index contributed by atoms with van der Waals surface area (Å²) in [6.45, 7) is 0.609. The molecule has 0 aromatic carbocycles. The minimum absolute atomic E-state index is 0.305. The molecule has 0 atom stereocenters. The van der Waals surface area contributed by atoms with Gasteiger partial charge in [-0.2, -0.15) is 0 Å². The lowest BCUT2D eigenvalue weighted by Crippen LogP contribution is -1.85. The Kier molecular flexibility index (Phi) is 7.85. The van der Waals surface area contributed by atoms with Crippen molar-refractivity contribution in [3.05, 3.63) is 0 Å². The quantitative estimate of drug-likeness (QED) is 0.420. The van der Waals surface area contributed by atoms with Crippen molar-refractivity contribution in [1.29, 1.82) is 0 Å². The molecule has 0 saturated heterocycles. The predicted octanol–water partition coefficient (Wildman–Crippen LogP) is 0.921. The fourth-order valence-electron chi connectivity index (χ4n) is 0.754. The lowest BCUT2D eigenvalue weighted by molar-refractivity contribution is 0.272. The standard InChI is InChI=1S/C7H16O2/c8-6-4-2-1-3-5-7-9/h8-9H,1-7H2/i1+1,4+1,5+1. The molecule has 0 aromatic rings. The molecule has 0 rings (SSSR count). The Bertz CT molecular complexity index is 40.2. The minimum Gasteiger partial charge on any atom is -0.396 e. The van der Waals surface area contributed by atoms with E-state index >= 15 is 0 Å². The summed E-state index contributed by atoms with van der Waals surface area (Å²) in [5.74, 6) is 0. The maximum Gasteiger partial charge on any atom is 0.0431 e. The molecule has 0 unspecified atom stereocenters. The molecule has 2 nitrogen and oxygen atoms in total. The third-order valence-electron chi connectivity index (χ3n) is 1.32. The van der Waals surface area contributed by atoms with Crippen molar-refractivity contribution in [1.82, 2.24) is 0 Å². The van der Waals surface area contributed by atoms with Crippen LogP contribution in [0.1, 0.15) is 32.1 Å². The SMILES string of the molecule is OC[13CH2]C[13CH2]C[13CH2]CO. The average Bonchev–Trinajstić information content (AvgIpc) is 1.89. The van der Waals surface area contributed by atoms with Gasteiger partial charge in [0.15, 0.2) is 0 Å². The van der Waals surface area contributed by atoms with Gasteiger partial charge in [0.2, 0.25) is 0 Å². The number of aliphatic hydroxyl groups excluding tert-OH is 2. The zero-order valence-electron chi connectivity index (χ0n) is 5.84. The van der Waals surface area contributed by atoms with Gasteiger partial charge in [0, 0.05) is 13.2 Å². The van der Waals surface area contributed by atoms with Gasteiger partial charge in [0.1, 0.15) is 0 Å². The van der Waals surface area contributed by atoms with Crippen molar-refractivity contribution in [2.75, 3.05) is 13.2 Å². The van der Waals surface area contributed by atoms with Crippen LogP contribution in [0.2, 0.25) is 0 Å². The van der Waals surface area contributed by atoms with Gasteiger partial charge in [0.05, 0.1) is 0 Å². The lowest BCUT2D eigenvalue weighted by atomic mass is 10.6. The number of rotatable bonds is 6. The summed E-state index contributed by atoms with van der Waals surface area (Å²) < 4.78 is 0. The second-order valence-corrected chi connectivity index (χ2v) is 2.21. The van der Waals surface area contributed by atoms with E-state index in [2.05, 4.69) is 0 Å². The Morgan fingerprint density at radius 3 is 1.22 bits per heavy atom. The van der Waals surface area contributed by atoms with Crippen LogP contribution in [0.4, 0.5) is 0 Å². The summed E-state index contributed by atoms with van der Waals surface area (Å²) in [5.41, 5.74) is 0. The van der Waals surface area contributed by atoms with E-state index in [9.17, 15) is 0 Å². The Labute approximate surface area is 56.5 Å². The molecular weight excluding hydrogens is 119 g/mol. The van der Waals surface area contributed by atoms with Gasteiger partial charge in [0.25, 0.3) is 0 Å². The van der Waals surface area contributed by atoms with Crippen LogP contribution < -0.4 is 0 Å². The highest BCUT2D eigenvalue weighted by Crippen LogP contribution is 2.00. The second kappa shape index (κ2) is 7.92. The zero-order chi connectivity index (χ0) is 6.95. The first-order valence-electron chi connectivity index (χ1n) is 3.63. The normalized spacial score (nSPS) is 10.0. The van der Waals surface area contributed by atoms with Crippen LogP contribution in [-0.2, 0) is 0 Å². The molecule has 56 valence electrons. The fourth-order valence-corrected chi connectivity index (χ4v) is 0.754. The van der Waals surface area contributed by atoms with E-state index in [1.807, 2.05) is 0 Å². The highest BCUT2D eigenvalue weighted by atomic mass is 16.3. The van der Waals surface area contributed by atoms with Crippen molar-refractivity contribution in [2.45, 2.75) is 32.1 Å². The van der Waals surface area contributed by atoms with E-state index in [0.717, 1.165) is 32.1 Å². The molecule has 0 bridgehead atoms. The highest BCUT2D eigenvalue weighted by Gasteiger charge is 1.86. The molecule has 0 heterocycles. The third kappa shape index (κ3) is 7.92. The Hall–Kier alpha value is -0.0800. The van der Waals surface area contributed by atoms with Crippen molar-refractivity contribution >= 4 is 0 Å². The molecule has 9 heavy (non-hydrogen) atoms. The monoisotopic (exact) mass is 135 g/mol. The molecule has 0 aliphatic rings. The smallest absolute Gasteiger partial charge is 0.0431 e. The molecule has 0 fully saturated rings. The summed E-state index contributed by atoms with van der Waals surface area (Å²) in [5, 5.41) is 16.7. The number of hydrogen-bond acceptors (Lipinski definition) is 2. The van der Waals surface area contributed by atoms with Crippen molar-refractivity contribution < 1.29 is 10.2 Å². The molecule has 0 aliphatic carbocycles. The van der Waals surface area contributed by atoms with Crippen LogP contribution in [0.3, 0.4) is 0 Å². The van der Waals surface area contributed by atoms with Crippen molar-refractivity contribution in [3.63, 3.8) is 0 Å². The largest absolute Gasteiger partial charge is 0.396 e. The summed E-state index contributed by atoms with van der Waals surface area (Å²) in [7, 11) is 0. The van der Waals surface area contributed by atoms with Gasteiger partial charge < -0.3 is 10.2 Å². The molecule has 0 radical (unpaired) electrons. The van der Waals surface area contributed by atoms with Crippen LogP contribution >= 0.6 is 0 Å². The van der Waals surface area contributed by atoms with Gasteiger partial charge in [-0.05, 0) is 12.8 Å². The van der Waals surface area contributed by atoms with E-state index in [1.165, 1.54) is 0 Å². The molecule has 0 spiro atoms. The topological polar surface area (TPSA) is 40.5 Å². The molecule has 2 heteroatoms. The third-order valence-corrected chi connectivity index (χ3v) is 1.32. The highest BCUT2D eigenvalue weighted by molar-refractivity contribution is 4.41. The molecule has 0 aliphatic heterocycles. The first-order chi connectivity index (χ1) is 4.41. The zero-order valence-corrected chi connectivity index (χ0v) is 5.84. The van der Waals surface area contributed by atoms with Crippen molar-refractivity contribution in [2.24, 2.45) is 0 Å². The summed E-state index contributed by atoms with van der Waals surface area (Å²) in [6, 6.07) is 0. The first kappa shape index (κ1) is 8.92. The lowest BCUT2D eigenvalue weighted by Gasteiger charge is -1.95. The summed E-state index contributed by atoms with van der Waals surface area (Å²) in [6.07, 6.45) is 5.14. The minimum atomic E-state index is 0.305. The maximum absolute atomic E-state index is 8.37. The molecular formula is C7H16O2. The Morgan fingerprint density at radius 2 is 0.889 bits per heavy atom. The second-order valence-electron chi connectivity index (χ2n) is 2.21. The first-order valence-corrected chi connectivity index (χ1v) is 3.63. The van der Waals surface area contributed by atoms with Crippen LogP contribution in [-0.4, -0.2) is 23.4 Å². The number of aliphatic hydroxyl groups is 2. The van der Waals surface area contributed by atoms with Gasteiger partial charge in [-0.1, -0.05) is 19.3 Å². The van der Waals surface area contributed by atoms with Crippen LogP contribution in [0.15, 0.2) is 0 Å². The Balaban J connectivity index is 2.60. The molecule has 2 N–H and O–H groups in total. The van der Waals surface area contributed by atoms with E-state index in [1.54, 1.807) is 0 Å². The van der Waals surface area contributed by atoms with Crippen LogP contribution in [0, 0.1) is 0 Å². The molecule has 0 aromatic heterocycles. The van der Waals surface area contributed by atoms with E-state index < -0.39 is 0 Å². The summed E-state index contributed by atoms with van der Waals surface area (Å²) >= 11 is 0. The van der Waals surface area contributed by atoms with E-state index in [-0.39, 0.29) is 0 Å².